The molecule has 103 heavy (non-hydrogen) atoms. The van der Waals surface area contributed by atoms with Gasteiger partial charge in [-0.15, -0.1) is 0 Å². The van der Waals surface area contributed by atoms with Crippen LogP contribution < -0.4 is 38.2 Å². The van der Waals surface area contributed by atoms with Crippen molar-refractivity contribution in [3.05, 3.63) is 82.3 Å². The fourth-order valence-corrected chi connectivity index (χ4v) is 10.1. The molecule has 0 aliphatic carbocycles. The molecule has 574 valence electrons. The highest BCUT2D eigenvalue weighted by Gasteiger charge is 2.36. The van der Waals surface area contributed by atoms with Crippen molar-refractivity contribution in [3.63, 3.8) is 0 Å². The standard InChI is InChI=1S/C72H105BrN6O24/c1-80-13-19-86-25-31-92-37-43-98-63-49-56(50-64(99-44-38-93-32-26-87-20-14-81-2)67(63)102-47-41-96-35-29-90-23-17-84-5)54-78-69-70(75-60-10-8-7-9-59(60)74-69)79(72-71(78)76-61-12-11-58(73)53-62(61)77-72)55-57-51-65(100-45-39-94-33-27-88-21-15-82-3)68(103-48-42-97-36-30-91-24-18-85-6)66(52-57)101-46-40-95-34-28-89-22-16-83-4/h7-12,49-53H,13-48,54-55H2,1-6H3. The van der Waals surface area contributed by atoms with E-state index < -0.39 is 0 Å². The van der Waals surface area contributed by atoms with Gasteiger partial charge < -0.3 is 123 Å². The van der Waals surface area contributed by atoms with Gasteiger partial charge in [-0.3, -0.25) is 0 Å². The summed E-state index contributed by atoms with van der Waals surface area (Å²) in [5.74, 6) is 4.16. The number of hydrogen-bond donors (Lipinski definition) is 0. The molecule has 30 nitrogen and oxygen atoms in total. The number of rotatable bonds is 64. The number of para-hydroxylation sites is 2. The Labute approximate surface area is 612 Å². The van der Waals surface area contributed by atoms with Crippen LogP contribution >= 0.6 is 15.9 Å². The van der Waals surface area contributed by atoms with Crippen molar-refractivity contribution in [2.24, 2.45) is 0 Å². The van der Waals surface area contributed by atoms with E-state index in [1.165, 1.54) is 0 Å². The van der Waals surface area contributed by atoms with Gasteiger partial charge in [-0.05, 0) is 65.7 Å². The minimum Gasteiger partial charge on any atom is -0.487 e. The fourth-order valence-electron chi connectivity index (χ4n) is 9.77. The molecule has 0 saturated carbocycles. The van der Waals surface area contributed by atoms with Crippen molar-refractivity contribution >= 4 is 61.3 Å². The Kier molecular flexibility index (Phi) is 42.9. The predicted octanol–water partition coefficient (Wildman–Crippen LogP) is 7.68. The zero-order chi connectivity index (χ0) is 72.4. The van der Waals surface area contributed by atoms with Crippen LogP contribution in [-0.4, -0.2) is 300 Å². The molecular weight excluding hydrogens is 1410 g/mol. The Balaban J connectivity index is 1.29. The molecule has 0 spiro atoms. The largest absolute Gasteiger partial charge is 0.487 e. The number of fused-ring (bicyclic) bond motifs is 4. The molecule has 2 aromatic heterocycles. The zero-order valence-corrected chi connectivity index (χ0v) is 62.2. The third-order valence-electron chi connectivity index (χ3n) is 14.7. The van der Waals surface area contributed by atoms with E-state index in [-0.39, 0.29) is 92.4 Å². The van der Waals surface area contributed by atoms with Gasteiger partial charge in [0, 0.05) is 47.1 Å². The average Bonchev–Trinajstić information content (AvgIpc) is 0.729. The summed E-state index contributed by atoms with van der Waals surface area (Å²) < 4.78 is 141. The summed E-state index contributed by atoms with van der Waals surface area (Å²) in [5.41, 5.74) is 3.98. The number of methoxy groups -OCH3 is 6. The molecule has 3 heterocycles. The molecule has 4 aromatic carbocycles. The lowest BCUT2D eigenvalue weighted by Gasteiger charge is -2.37. The molecule has 31 heteroatoms. The quantitative estimate of drug-likeness (QED) is 0.0331. The van der Waals surface area contributed by atoms with E-state index in [2.05, 4.69) is 15.9 Å². The first-order chi connectivity index (χ1) is 50.9. The van der Waals surface area contributed by atoms with Gasteiger partial charge in [-0.25, -0.2) is 19.9 Å². The van der Waals surface area contributed by atoms with Gasteiger partial charge in [0.25, 0.3) is 0 Å². The lowest BCUT2D eigenvalue weighted by Crippen LogP contribution is -2.32. The number of aromatic nitrogens is 4. The number of benzene rings is 4. The van der Waals surface area contributed by atoms with Gasteiger partial charge in [-0.1, -0.05) is 28.1 Å². The van der Waals surface area contributed by atoms with Gasteiger partial charge in [0.15, 0.2) is 46.3 Å². The number of halogens is 1. The molecule has 0 fully saturated rings. The van der Waals surface area contributed by atoms with E-state index in [1.54, 1.807) is 42.7 Å². The van der Waals surface area contributed by atoms with Crippen LogP contribution in [0.2, 0.25) is 0 Å². The van der Waals surface area contributed by atoms with Crippen LogP contribution in [-0.2, 0) is 98.4 Å². The summed E-state index contributed by atoms with van der Waals surface area (Å²) >= 11 is 3.71. The SMILES string of the molecule is COCCOCCOCCOc1cc(CN2c3nc4ccccc4nc3N(Cc3cc(OCCOCCOCCOC)c(OCCOCCOCCOC)c(OCCOCCOCCOC)c3)c3nc4cc(Br)ccc4nc32)cc(OCCOCCOCCOC)c1OCCOCCOCCOC. The molecule has 0 saturated heterocycles. The first-order valence-corrected chi connectivity index (χ1v) is 35.4. The summed E-state index contributed by atoms with van der Waals surface area (Å²) in [7, 11) is 9.78. The first kappa shape index (κ1) is 84.0. The van der Waals surface area contributed by atoms with Crippen molar-refractivity contribution < 1.29 is 114 Å². The van der Waals surface area contributed by atoms with E-state index in [1.807, 2.05) is 76.5 Å². The second kappa shape index (κ2) is 52.6. The topological polar surface area (TPSA) is 280 Å². The first-order valence-electron chi connectivity index (χ1n) is 34.7. The van der Waals surface area contributed by atoms with Crippen LogP contribution in [0.15, 0.2) is 71.2 Å². The summed E-state index contributed by atoms with van der Waals surface area (Å²) in [6.45, 7) is 12.7. The average molecular weight is 1520 g/mol. The molecule has 0 unspecified atom stereocenters. The zero-order valence-electron chi connectivity index (χ0n) is 60.6. The normalized spacial score (nSPS) is 12.0. The number of anilines is 4. The number of nitrogens with zero attached hydrogens (tertiary/aromatic N) is 6. The lowest BCUT2D eigenvalue weighted by atomic mass is 10.1. The molecule has 0 atom stereocenters. The Hall–Kier alpha value is -6.28. The van der Waals surface area contributed by atoms with Crippen LogP contribution in [0.25, 0.3) is 22.1 Å². The maximum Gasteiger partial charge on any atom is 0.203 e. The number of ether oxygens (including phenoxy) is 24. The van der Waals surface area contributed by atoms with Gasteiger partial charge in [0.05, 0.1) is 233 Å². The van der Waals surface area contributed by atoms with E-state index in [0.717, 1.165) is 15.6 Å². The van der Waals surface area contributed by atoms with Gasteiger partial charge >= 0.3 is 0 Å². The molecule has 0 radical (unpaired) electrons. The van der Waals surface area contributed by atoms with Crippen molar-refractivity contribution in [1.82, 2.24) is 19.9 Å². The Bertz CT molecular complexity index is 3160. The third kappa shape index (κ3) is 31.4. The lowest BCUT2D eigenvalue weighted by molar-refractivity contribution is 0.0146. The minimum absolute atomic E-state index is 0.147. The van der Waals surface area contributed by atoms with E-state index in [9.17, 15) is 0 Å². The molecule has 6 aromatic rings. The highest BCUT2D eigenvalue weighted by Crippen LogP contribution is 2.49. The Morgan fingerprint density at radius 2 is 0.476 bits per heavy atom. The molecule has 0 amide bonds. The maximum absolute atomic E-state index is 6.64. The highest BCUT2D eigenvalue weighted by molar-refractivity contribution is 9.10. The van der Waals surface area contributed by atoms with Crippen LogP contribution in [0, 0.1) is 0 Å². The number of hydrogen-bond acceptors (Lipinski definition) is 30. The van der Waals surface area contributed by atoms with Gasteiger partial charge in [0.2, 0.25) is 11.5 Å². The Morgan fingerprint density at radius 3 is 0.738 bits per heavy atom. The third-order valence-corrected chi connectivity index (χ3v) is 15.2. The molecule has 1 aliphatic rings. The predicted molar refractivity (Wildman–Crippen MR) is 385 cm³/mol. The molecule has 1 aliphatic heterocycles. The van der Waals surface area contributed by atoms with Crippen molar-refractivity contribution in [2.45, 2.75) is 13.1 Å². The highest BCUT2D eigenvalue weighted by atomic mass is 79.9. The van der Waals surface area contributed by atoms with E-state index in [0.29, 0.717) is 238 Å². The van der Waals surface area contributed by atoms with Crippen LogP contribution in [0.3, 0.4) is 0 Å². The molecule has 0 bridgehead atoms. The minimum atomic E-state index is 0.147. The van der Waals surface area contributed by atoms with Crippen molar-refractivity contribution in [2.75, 3.05) is 290 Å². The molecular formula is C72H105BrN6O24. The van der Waals surface area contributed by atoms with Gasteiger partial charge in [0.1, 0.15) is 39.6 Å². The van der Waals surface area contributed by atoms with Crippen LogP contribution in [0.4, 0.5) is 23.3 Å². The van der Waals surface area contributed by atoms with Crippen LogP contribution in [0.5, 0.6) is 34.5 Å². The van der Waals surface area contributed by atoms with Crippen LogP contribution in [0.1, 0.15) is 11.1 Å². The van der Waals surface area contributed by atoms with Crippen molar-refractivity contribution in [1.29, 1.82) is 0 Å². The van der Waals surface area contributed by atoms with Crippen molar-refractivity contribution in [3.8, 4) is 34.5 Å². The molecule has 7 rings (SSSR count). The summed E-state index contributed by atoms with van der Waals surface area (Å²) in [6, 6.07) is 21.2. The smallest absolute Gasteiger partial charge is 0.203 e. The Morgan fingerprint density at radius 1 is 0.252 bits per heavy atom. The summed E-state index contributed by atoms with van der Waals surface area (Å²) in [6.07, 6.45) is 0. The fraction of sp³-hybridized carbons (Fsp3) is 0.611. The monoisotopic (exact) mass is 1520 g/mol. The summed E-state index contributed by atoms with van der Waals surface area (Å²) in [5, 5.41) is 0. The second-order valence-corrected chi connectivity index (χ2v) is 23.2. The molecule has 0 N–H and O–H groups in total. The second-order valence-electron chi connectivity index (χ2n) is 22.3. The van der Waals surface area contributed by atoms with E-state index in [4.69, 9.17) is 134 Å². The van der Waals surface area contributed by atoms with E-state index >= 15 is 0 Å². The maximum atomic E-state index is 6.64. The summed E-state index contributed by atoms with van der Waals surface area (Å²) in [4.78, 5) is 25.8. The van der Waals surface area contributed by atoms with Gasteiger partial charge in [-0.2, -0.15) is 0 Å².